The third-order valence-electron chi connectivity index (χ3n) is 2.57. The number of carbonyl (C=O) groups is 1. The lowest BCUT2D eigenvalue weighted by Gasteiger charge is -2.07. The molecule has 0 bridgehead atoms. The summed E-state index contributed by atoms with van der Waals surface area (Å²) in [6.07, 6.45) is -5.16. The molecule has 1 amide bonds. The lowest BCUT2D eigenvalue weighted by atomic mass is 10.1. The molecule has 1 N–H and O–H groups in total. The van der Waals surface area contributed by atoms with E-state index < -0.39 is 29.1 Å². The van der Waals surface area contributed by atoms with E-state index in [1.165, 1.54) is 6.07 Å². The molecule has 116 valence electrons. The molecule has 0 aliphatic heterocycles. The Morgan fingerprint density at radius 1 is 1.33 bits per heavy atom. The van der Waals surface area contributed by atoms with E-state index in [1.807, 2.05) is 0 Å². The molecule has 0 atom stereocenters. The van der Waals surface area contributed by atoms with Crippen molar-refractivity contribution in [2.24, 2.45) is 0 Å². The van der Waals surface area contributed by atoms with Crippen LogP contribution in [0.25, 0.3) is 0 Å². The normalized spacial score (nSPS) is 11.2. The maximum atomic E-state index is 11.9. The number of carbonyl (C=O) groups excluding carboxylic acids is 1. The van der Waals surface area contributed by atoms with Gasteiger partial charge < -0.3 is 5.32 Å². The topological polar surface area (TPSA) is 72.2 Å². The summed E-state index contributed by atoms with van der Waals surface area (Å²) in [7, 11) is 0. The highest BCUT2D eigenvalue weighted by atomic mass is 35.5. The van der Waals surface area contributed by atoms with Crippen molar-refractivity contribution >= 4 is 23.2 Å². The maximum Gasteiger partial charge on any atom is 0.389 e. The minimum atomic E-state index is -4.23. The van der Waals surface area contributed by atoms with E-state index in [2.05, 4.69) is 5.32 Å². The van der Waals surface area contributed by atoms with E-state index in [-0.39, 0.29) is 30.0 Å². The van der Waals surface area contributed by atoms with Gasteiger partial charge >= 0.3 is 6.18 Å². The lowest BCUT2D eigenvalue weighted by Crippen LogP contribution is -2.25. The van der Waals surface area contributed by atoms with E-state index >= 15 is 0 Å². The van der Waals surface area contributed by atoms with Gasteiger partial charge in [0.05, 0.1) is 4.92 Å². The Kier molecular flexibility index (Phi) is 5.95. The van der Waals surface area contributed by atoms with Crippen molar-refractivity contribution < 1.29 is 22.9 Å². The summed E-state index contributed by atoms with van der Waals surface area (Å²) in [6.45, 7) is -0.00141. The van der Waals surface area contributed by atoms with Crippen LogP contribution >= 0.6 is 11.6 Å². The van der Waals surface area contributed by atoms with Gasteiger partial charge in [-0.05, 0) is 25.0 Å². The first-order chi connectivity index (χ1) is 9.70. The van der Waals surface area contributed by atoms with Crippen molar-refractivity contribution in [3.8, 4) is 0 Å². The molecule has 1 aromatic carbocycles. The lowest BCUT2D eigenvalue weighted by molar-refractivity contribution is -0.385. The molecular formula is C12H12ClF3N2O3. The summed E-state index contributed by atoms with van der Waals surface area (Å²) in [4.78, 5) is 21.8. The summed E-state index contributed by atoms with van der Waals surface area (Å²) >= 11 is 5.67. The Hall–Kier alpha value is -1.83. The molecule has 1 aromatic rings. The van der Waals surface area contributed by atoms with Crippen LogP contribution in [-0.4, -0.2) is 23.6 Å². The number of hydrogen-bond donors (Lipinski definition) is 1. The fraction of sp³-hybridized carbons (Fsp3) is 0.417. The van der Waals surface area contributed by atoms with E-state index in [9.17, 15) is 28.1 Å². The molecular weight excluding hydrogens is 313 g/mol. The van der Waals surface area contributed by atoms with Crippen molar-refractivity contribution in [1.29, 1.82) is 0 Å². The minimum Gasteiger partial charge on any atom is -0.352 e. The zero-order valence-corrected chi connectivity index (χ0v) is 11.5. The number of nitro groups is 1. The molecule has 5 nitrogen and oxygen atoms in total. The fourth-order valence-electron chi connectivity index (χ4n) is 1.60. The molecule has 0 radical (unpaired) electrons. The van der Waals surface area contributed by atoms with Crippen molar-refractivity contribution in [2.75, 3.05) is 6.54 Å². The summed E-state index contributed by atoms with van der Waals surface area (Å²) in [5.41, 5.74) is -0.629. The molecule has 0 fully saturated rings. The molecule has 0 saturated heterocycles. The predicted octanol–water partition coefficient (Wildman–Crippen LogP) is 3.71. The molecule has 1 rings (SSSR count). The number of nitrogens with zero attached hydrogens (tertiary/aromatic N) is 1. The van der Waals surface area contributed by atoms with Gasteiger partial charge in [-0.25, -0.2) is 0 Å². The average molecular weight is 325 g/mol. The smallest absolute Gasteiger partial charge is 0.352 e. The average Bonchev–Trinajstić information content (AvgIpc) is 2.36. The predicted molar refractivity (Wildman–Crippen MR) is 70.3 cm³/mol. The van der Waals surface area contributed by atoms with E-state index in [1.54, 1.807) is 0 Å². The molecule has 21 heavy (non-hydrogen) atoms. The molecule has 0 aliphatic carbocycles. The van der Waals surface area contributed by atoms with Crippen LogP contribution < -0.4 is 5.32 Å². The van der Waals surface area contributed by atoms with Crippen molar-refractivity contribution in [3.63, 3.8) is 0 Å². The molecule has 0 heterocycles. The molecule has 0 aromatic heterocycles. The third-order valence-corrected chi connectivity index (χ3v) is 2.81. The van der Waals surface area contributed by atoms with Gasteiger partial charge in [-0.1, -0.05) is 11.6 Å². The number of unbranched alkanes of at least 4 members (excludes halogenated alkanes) is 1. The highest BCUT2D eigenvalue weighted by Gasteiger charge is 2.26. The van der Waals surface area contributed by atoms with Gasteiger partial charge in [0.1, 0.15) is 5.56 Å². The number of benzene rings is 1. The third kappa shape index (κ3) is 5.99. The number of halogens is 4. The standard InChI is InChI=1S/C12H12ClF3N2O3/c13-8-3-4-10(18(20)21)9(7-8)11(19)17-6-2-1-5-12(14,15)16/h3-4,7H,1-2,5-6H2,(H,17,19). The Bertz CT molecular complexity index is 535. The van der Waals surface area contributed by atoms with Crippen LogP contribution in [0.15, 0.2) is 18.2 Å². The molecule has 0 unspecified atom stereocenters. The molecule has 9 heteroatoms. The quantitative estimate of drug-likeness (QED) is 0.492. The Morgan fingerprint density at radius 3 is 2.57 bits per heavy atom. The zero-order valence-electron chi connectivity index (χ0n) is 10.7. The fourth-order valence-corrected chi connectivity index (χ4v) is 1.77. The van der Waals surface area contributed by atoms with Gasteiger partial charge in [-0.3, -0.25) is 14.9 Å². The van der Waals surface area contributed by atoms with E-state index in [4.69, 9.17) is 11.6 Å². The number of hydrogen-bond acceptors (Lipinski definition) is 3. The number of nitrogens with one attached hydrogen (secondary N) is 1. The summed E-state index contributed by atoms with van der Waals surface area (Å²) in [5.74, 6) is -0.740. The number of alkyl halides is 3. The first-order valence-corrected chi connectivity index (χ1v) is 6.37. The summed E-state index contributed by atoms with van der Waals surface area (Å²) in [5, 5.41) is 13.3. The van der Waals surface area contributed by atoms with Gasteiger partial charge in [0.2, 0.25) is 0 Å². The van der Waals surface area contributed by atoms with Gasteiger partial charge in [-0.15, -0.1) is 0 Å². The molecule has 0 spiro atoms. The second-order valence-electron chi connectivity index (χ2n) is 4.25. The number of nitro benzene ring substituents is 1. The van der Waals surface area contributed by atoms with Crippen LogP contribution in [0.1, 0.15) is 29.6 Å². The van der Waals surface area contributed by atoms with Crippen LogP contribution in [0, 0.1) is 10.1 Å². The number of rotatable bonds is 6. The van der Waals surface area contributed by atoms with Gasteiger partial charge in [0.15, 0.2) is 0 Å². The van der Waals surface area contributed by atoms with E-state index in [0.29, 0.717) is 0 Å². The largest absolute Gasteiger partial charge is 0.389 e. The first-order valence-electron chi connectivity index (χ1n) is 5.99. The van der Waals surface area contributed by atoms with Crippen LogP contribution in [0.3, 0.4) is 0 Å². The first kappa shape index (κ1) is 17.2. The highest BCUT2D eigenvalue weighted by molar-refractivity contribution is 6.31. The van der Waals surface area contributed by atoms with Crippen molar-refractivity contribution in [1.82, 2.24) is 5.32 Å². The summed E-state index contributed by atoms with van der Waals surface area (Å²) in [6, 6.07) is 3.52. The van der Waals surface area contributed by atoms with Crippen LogP contribution in [0.5, 0.6) is 0 Å². The Morgan fingerprint density at radius 2 is 2.00 bits per heavy atom. The van der Waals surface area contributed by atoms with Crippen molar-refractivity contribution in [2.45, 2.75) is 25.4 Å². The molecule has 0 aliphatic rings. The SMILES string of the molecule is O=C(NCCCCC(F)(F)F)c1cc(Cl)ccc1[N+](=O)[O-]. The minimum absolute atomic E-state index is 0.00141. The second-order valence-corrected chi connectivity index (χ2v) is 4.68. The Balaban J connectivity index is 2.56. The van der Waals surface area contributed by atoms with Gasteiger partial charge in [0, 0.05) is 24.1 Å². The van der Waals surface area contributed by atoms with Crippen LogP contribution in [0.2, 0.25) is 5.02 Å². The van der Waals surface area contributed by atoms with Gasteiger partial charge in [-0.2, -0.15) is 13.2 Å². The number of amides is 1. The summed E-state index contributed by atoms with van der Waals surface area (Å²) < 4.78 is 35.7. The van der Waals surface area contributed by atoms with E-state index in [0.717, 1.165) is 12.1 Å². The van der Waals surface area contributed by atoms with Crippen LogP contribution in [0.4, 0.5) is 18.9 Å². The Labute approximate surface area is 123 Å². The van der Waals surface area contributed by atoms with Crippen molar-refractivity contribution in [3.05, 3.63) is 38.9 Å². The zero-order chi connectivity index (χ0) is 16.0. The highest BCUT2D eigenvalue weighted by Crippen LogP contribution is 2.23. The van der Waals surface area contributed by atoms with Gasteiger partial charge in [0.25, 0.3) is 11.6 Å². The second kappa shape index (κ2) is 7.26. The molecule has 0 saturated carbocycles. The monoisotopic (exact) mass is 324 g/mol. The van der Waals surface area contributed by atoms with Crippen LogP contribution in [-0.2, 0) is 0 Å². The maximum absolute atomic E-state index is 11.9.